The molecule has 0 N–H and O–H groups in total. The lowest BCUT2D eigenvalue weighted by atomic mass is 10.0. The van der Waals surface area contributed by atoms with Crippen LogP contribution >= 0.6 is 23.2 Å². The first-order valence-corrected chi connectivity index (χ1v) is 9.73. The molecule has 0 heterocycles. The molecule has 0 aromatic heterocycles. The van der Waals surface area contributed by atoms with E-state index in [0.29, 0.717) is 32.7 Å². The number of halogens is 2. The van der Waals surface area contributed by atoms with Crippen LogP contribution in [0, 0.1) is 11.3 Å². The second-order valence-electron chi connectivity index (χ2n) is 6.31. The van der Waals surface area contributed by atoms with Crippen LogP contribution in [0.25, 0.3) is 6.08 Å². The van der Waals surface area contributed by atoms with Gasteiger partial charge in [-0.05, 0) is 41.5 Å². The molecule has 0 radical (unpaired) electrons. The van der Waals surface area contributed by atoms with E-state index in [1.54, 1.807) is 54.6 Å². The number of carbonyl (C=O) groups is 1. The highest BCUT2D eigenvalue weighted by Gasteiger charge is 2.13. The molecule has 0 aliphatic rings. The highest BCUT2D eigenvalue weighted by Crippen LogP contribution is 2.30. The minimum absolute atomic E-state index is 0.0349. The molecule has 0 fully saturated rings. The van der Waals surface area contributed by atoms with Crippen LogP contribution in [0.15, 0.2) is 72.3 Å². The number of benzene rings is 3. The molecule has 3 aromatic rings. The third kappa shape index (κ3) is 5.21. The Morgan fingerprint density at radius 1 is 1.00 bits per heavy atom. The Balaban J connectivity index is 1.80. The average molecular weight is 438 g/mol. The summed E-state index contributed by atoms with van der Waals surface area (Å²) < 4.78 is 11.2. The van der Waals surface area contributed by atoms with Crippen molar-refractivity contribution >= 4 is 35.1 Å². The van der Waals surface area contributed by atoms with Gasteiger partial charge in [-0.3, -0.25) is 4.79 Å². The Morgan fingerprint density at radius 2 is 1.77 bits per heavy atom. The van der Waals surface area contributed by atoms with Gasteiger partial charge in [0.1, 0.15) is 18.2 Å². The summed E-state index contributed by atoms with van der Waals surface area (Å²) in [5, 5.41) is 10.4. The van der Waals surface area contributed by atoms with Crippen LogP contribution < -0.4 is 9.47 Å². The van der Waals surface area contributed by atoms with Crippen molar-refractivity contribution in [2.24, 2.45) is 0 Å². The molecular weight excluding hydrogens is 421 g/mol. The van der Waals surface area contributed by atoms with Crippen molar-refractivity contribution < 1.29 is 14.3 Å². The van der Waals surface area contributed by atoms with Gasteiger partial charge in [-0.25, -0.2) is 0 Å². The third-order valence-corrected chi connectivity index (χ3v) is 5.02. The van der Waals surface area contributed by atoms with Gasteiger partial charge in [0.15, 0.2) is 11.5 Å². The molecule has 0 aliphatic carbocycles. The van der Waals surface area contributed by atoms with Gasteiger partial charge < -0.3 is 9.47 Å². The van der Waals surface area contributed by atoms with E-state index >= 15 is 0 Å². The molecular formula is C24H17Cl2NO3. The molecule has 30 heavy (non-hydrogen) atoms. The van der Waals surface area contributed by atoms with Crippen LogP contribution in [-0.2, 0) is 6.61 Å². The summed E-state index contributed by atoms with van der Waals surface area (Å²) in [6, 6.07) is 21.1. The number of nitrogens with zero attached hydrogens (tertiary/aromatic N) is 1. The van der Waals surface area contributed by atoms with Gasteiger partial charge in [-0.1, -0.05) is 65.7 Å². The molecule has 0 amide bonds. The van der Waals surface area contributed by atoms with Gasteiger partial charge in [-0.2, -0.15) is 5.26 Å². The van der Waals surface area contributed by atoms with Crippen molar-refractivity contribution in [1.82, 2.24) is 0 Å². The normalized spacial score (nSPS) is 10.9. The van der Waals surface area contributed by atoms with Crippen LogP contribution in [0.3, 0.4) is 0 Å². The number of nitriles is 1. The number of hydrogen-bond acceptors (Lipinski definition) is 4. The largest absolute Gasteiger partial charge is 0.493 e. The standard InChI is InChI=1S/C24H17Cl2NO3/c1-29-23-13-16(11-19(14-27)24(28)18-5-3-2-4-6-18)8-10-22(23)30-15-17-7-9-20(25)21(26)12-17/h2-13H,15H2,1H3/b19-11+. The smallest absolute Gasteiger partial charge is 0.203 e. The molecule has 0 atom stereocenters. The summed E-state index contributed by atoms with van der Waals surface area (Å²) in [7, 11) is 1.52. The predicted molar refractivity (Wildman–Crippen MR) is 118 cm³/mol. The number of rotatable bonds is 7. The van der Waals surface area contributed by atoms with Crippen LogP contribution in [0.1, 0.15) is 21.5 Å². The van der Waals surface area contributed by atoms with Crippen molar-refractivity contribution in [3.05, 3.63) is 99.0 Å². The minimum atomic E-state index is -0.336. The van der Waals surface area contributed by atoms with Crippen molar-refractivity contribution in [1.29, 1.82) is 5.26 Å². The summed E-state index contributed by atoms with van der Waals surface area (Å²) in [6.45, 7) is 0.276. The second-order valence-corrected chi connectivity index (χ2v) is 7.13. The van der Waals surface area contributed by atoms with Crippen LogP contribution in [0.2, 0.25) is 10.0 Å². The lowest BCUT2D eigenvalue weighted by Crippen LogP contribution is -2.01. The van der Waals surface area contributed by atoms with E-state index in [0.717, 1.165) is 5.56 Å². The zero-order valence-electron chi connectivity index (χ0n) is 16.1. The molecule has 150 valence electrons. The van der Waals surface area contributed by atoms with E-state index in [1.807, 2.05) is 18.2 Å². The van der Waals surface area contributed by atoms with Gasteiger partial charge >= 0.3 is 0 Å². The molecule has 0 unspecified atom stereocenters. The molecule has 0 saturated heterocycles. The number of ether oxygens (including phenoxy) is 2. The Bertz CT molecular complexity index is 1130. The number of methoxy groups -OCH3 is 1. The molecule has 0 spiro atoms. The van der Waals surface area contributed by atoms with E-state index in [-0.39, 0.29) is 18.0 Å². The van der Waals surface area contributed by atoms with E-state index in [4.69, 9.17) is 32.7 Å². The Hall–Kier alpha value is -3.26. The van der Waals surface area contributed by atoms with E-state index in [2.05, 4.69) is 0 Å². The first-order valence-electron chi connectivity index (χ1n) is 8.98. The lowest BCUT2D eigenvalue weighted by Gasteiger charge is -2.12. The van der Waals surface area contributed by atoms with E-state index in [9.17, 15) is 10.1 Å². The van der Waals surface area contributed by atoms with Crippen molar-refractivity contribution in [3.8, 4) is 17.6 Å². The van der Waals surface area contributed by atoms with Crippen molar-refractivity contribution in [2.75, 3.05) is 7.11 Å². The Morgan fingerprint density at radius 3 is 2.43 bits per heavy atom. The number of hydrogen-bond donors (Lipinski definition) is 0. The fourth-order valence-corrected chi connectivity index (χ4v) is 3.06. The fraction of sp³-hybridized carbons (Fsp3) is 0.0833. The van der Waals surface area contributed by atoms with Gasteiger partial charge in [0.05, 0.1) is 17.2 Å². The highest BCUT2D eigenvalue weighted by molar-refractivity contribution is 6.42. The van der Waals surface area contributed by atoms with Crippen LogP contribution in [0.5, 0.6) is 11.5 Å². The van der Waals surface area contributed by atoms with Gasteiger partial charge in [-0.15, -0.1) is 0 Å². The monoisotopic (exact) mass is 437 g/mol. The van der Waals surface area contributed by atoms with Gasteiger partial charge in [0, 0.05) is 5.56 Å². The summed E-state index contributed by atoms with van der Waals surface area (Å²) in [5.41, 5.74) is 2.00. The molecule has 6 heteroatoms. The maximum absolute atomic E-state index is 12.5. The zero-order valence-corrected chi connectivity index (χ0v) is 17.6. The minimum Gasteiger partial charge on any atom is -0.493 e. The topological polar surface area (TPSA) is 59.3 Å². The quantitative estimate of drug-likeness (QED) is 0.244. The molecule has 3 aromatic carbocycles. The first kappa shape index (κ1) is 21.4. The molecule has 4 nitrogen and oxygen atoms in total. The number of Topliss-reactive ketones (excluding diaryl/α,β-unsaturated/α-hetero) is 1. The number of ketones is 1. The number of carbonyl (C=O) groups excluding carboxylic acids is 1. The molecule has 0 saturated carbocycles. The van der Waals surface area contributed by atoms with Crippen LogP contribution in [0.4, 0.5) is 0 Å². The molecule has 0 aliphatic heterocycles. The predicted octanol–water partition coefficient (Wildman–Crippen LogP) is 6.37. The molecule has 3 rings (SSSR count). The van der Waals surface area contributed by atoms with E-state index < -0.39 is 0 Å². The lowest BCUT2D eigenvalue weighted by molar-refractivity contribution is 0.104. The SMILES string of the molecule is COc1cc(/C=C(\C#N)C(=O)c2ccccc2)ccc1OCc1ccc(Cl)c(Cl)c1. The molecule has 0 bridgehead atoms. The average Bonchev–Trinajstić information content (AvgIpc) is 2.78. The second kappa shape index (κ2) is 9.98. The van der Waals surface area contributed by atoms with E-state index in [1.165, 1.54) is 13.2 Å². The highest BCUT2D eigenvalue weighted by atomic mass is 35.5. The summed E-state index contributed by atoms with van der Waals surface area (Å²) in [5.74, 6) is 0.666. The van der Waals surface area contributed by atoms with Gasteiger partial charge in [0.25, 0.3) is 0 Å². The van der Waals surface area contributed by atoms with Gasteiger partial charge in [0.2, 0.25) is 5.78 Å². The zero-order chi connectivity index (χ0) is 21.5. The number of allylic oxidation sites excluding steroid dienone is 1. The Labute approximate surface area is 184 Å². The maximum atomic E-state index is 12.5. The van der Waals surface area contributed by atoms with Crippen molar-refractivity contribution in [2.45, 2.75) is 6.61 Å². The summed E-state index contributed by atoms with van der Waals surface area (Å²) >= 11 is 12.0. The summed E-state index contributed by atoms with van der Waals surface area (Å²) in [4.78, 5) is 12.5. The fourth-order valence-electron chi connectivity index (χ4n) is 2.74. The maximum Gasteiger partial charge on any atom is 0.203 e. The van der Waals surface area contributed by atoms with Crippen LogP contribution in [-0.4, -0.2) is 12.9 Å². The third-order valence-electron chi connectivity index (χ3n) is 4.28. The summed E-state index contributed by atoms with van der Waals surface area (Å²) in [6.07, 6.45) is 1.53. The first-order chi connectivity index (χ1) is 14.5. The van der Waals surface area contributed by atoms with Crippen molar-refractivity contribution in [3.63, 3.8) is 0 Å². The Kier molecular flexibility index (Phi) is 7.13.